The number of para-hydroxylation sites is 1. The number of benzene rings is 1. The van der Waals surface area contributed by atoms with Gasteiger partial charge < -0.3 is 4.90 Å². The van der Waals surface area contributed by atoms with E-state index in [2.05, 4.69) is 0 Å². The average Bonchev–Trinajstić information content (AvgIpc) is 2.80. The van der Waals surface area contributed by atoms with Gasteiger partial charge in [-0.2, -0.15) is 0 Å². The summed E-state index contributed by atoms with van der Waals surface area (Å²) in [5.74, 6) is -1.13. The number of aryl methyl sites for hydroxylation is 2. The van der Waals surface area contributed by atoms with E-state index in [9.17, 15) is 14.4 Å². The van der Waals surface area contributed by atoms with Crippen LogP contribution in [0.2, 0.25) is 0 Å². The molecule has 5 nitrogen and oxygen atoms in total. The first-order valence-electron chi connectivity index (χ1n) is 6.91. The van der Waals surface area contributed by atoms with Crippen LogP contribution in [0.4, 0.5) is 5.69 Å². The number of alkyl halides is 1. The largest absolute Gasteiger partial charge is 0.309 e. The monoisotopic (exact) mass is 320 g/mol. The quantitative estimate of drug-likeness (QED) is 0.614. The Bertz CT molecular complexity index is 617. The maximum Gasteiger partial charge on any atom is 0.253 e. The van der Waals surface area contributed by atoms with Crippen LogP contribution in [-0.2, 0) is 14.4 Å². The zero-order chi connectivity index (χ0) is 16.3. The van der Waals surface area contributed by atoms with Gasteiger partial charge in [-0.15, -0.1) is 11.6 Å². The summed E-state index contributed by atoms with van der Waals surface area (Å²) in [4.78, 5) is 38.0. The number of carbonyl (C=O) groups excluding carboxylic acids is 3. The zero-order valence-electron chi connectivity index (χ0n) is 12.5. The third-order valence-electron chi connectivity index (χ3n) is 3.57. The van der Waals surface area contributed by atoms with Crippen molar-refractivity contribution in [2.75, 3.05) is 23.9 Å². The van der Waals surface area contributed by atoms with Crippen LogP contribution in [0.3, 0.4) is 0 Å². The summed E-state index contributed by atoms with van der Waals surface area (Å²) in [5, 5.41) is 0. The van der Waals surface area contributed by atoms with Crippen molar-refractivity contribution in [3.8, 4) is 0 Å². The highest BCUT2D eigenvalue weighted by Gasteiger charge is 2.26. The smallest absolute Gasteiger partial charge is 0.253 e. The lowest BCUT2D eigenvalue weighted by Crippen LogP contribution is -2.42. The van der Waals surface area contributed by atoms with Gasteiger partial charge in [0.1, 0.15) is 5.88 Å². The number of amides is 3. The van der Waals surface area contributed by atoms with Gasteiger partial charge >= 0.3 is 0 Å². The van der Waals surface area contributed by atoms with Crippen molar-refractivity contribution in [1.29, 1.82) is 0 Å². The van der Waals surface area contributed by atoms with Crippen LogP contribution in [0.15, 0.2) is 30.4 Å². The molecule has 2 rings (SSSR count). The Morgan fingerprint density at radius 2 is 1.68 bits per heavy atom. The van der Waals surface area contributed by atoms with Gasteiger partial charge in [0.15, 0.2) is 0 Å². The normalized spacial score (nSPS) is 13.9. The van der Waals surface area contributed by atoms with Crippen LogP contribution in [0, 0.1) is 13.8 Å². The molecular formula is C16H17ClN2O3. The fourth-order valence-electron chi connectivity index (χ4n) is 2.52. The lowest BCUT2D eigenvalue weighted by atomic mass is 10.1. The number of halogens is 1. The van der Waals surface area contributed by atoms with Gasteiger partial charge in [0.05, 0.1) is 0 Å². The Hall–Kier alpha value is -2.14. The number of hydrogen-bond acceptors (Lipinski definition) is 3. The van der Waals surface area contributed by atoms with E-state index in [1.54, 1.807) is 0 Å². The second-order valence-electron chi connectivity index (χ2n) is 5.08. The number of nitrogens with zero attached hydrogens (tertiary/aromatic N) is 2. The summed E-state index contributed by atoms with van der Waals surface area (Å²) in [6.07, 6.45) is 2.46. The number of anilines is 1. The van der Waals surface area contributed by atoms with Crippen molar-refractivity contribution in [1.82, 2.24) is 4.90 Å². The van der Waals surface area contributed by atoms with E-state index in [-0.39, 0.29) is 36.7 Å². The van der Waals surface area contributed by atoms with Gasteiger partial charge in [0.25, 0.3) is 11.8 Å². The Morgan fingerprint density at radius 3 is 2.18 bits per heavy atom. The minimum atomic E-state index is -0.357. The molecule has 0 fully saturated rings. The molecule has 1 aliphatic heterocycles. The van der Waals surface area contributed by atoms with Crippen LogP contribution in [0.5, 0.6) is 0 Å². The molecule has 1 aliphatic rings. The second-order valence-corrected chi connectivity index (χ2v) is 5.35. The highest BCUT2D eigenvalue weighted by atomic mass is 35.5. The van der Waals surface area contributed by atoms with E-state index >= 15 is 0 Å². The molecule has 1 heterocycles. The molecule has 3 amide bonds. The molecule has 0 aliphatic carbocycles. The maximum atomic E-state index is 12.2. The summed E-state index contributed by atoms with van der Waals surface area (Å²) in [6, 6.07) is 5.73. The van der Waals surface area contributed by atoms with Crippen LogP contribution in [0.25, 0.3) is 0 Å². The van der Waals surface area contributed by atoms with Crippen LogP contribution in [-0.4, -0.2) is 41.6 Å². The lowest BCUT2D eigenvalue weighted by Gasteiger charge is -2.27. The predicted molar refractivity (Wildman–Crippen MR) is 84.8 cm³/mol. The molecule has 0 atom stereocenters. The van der Waals surface area contributed by atoms with Gasteiger partial charge in [-0.25, -0.2) is 0 Å². The van der Waals surface area contributed by atoms with Gasteiger partial charge in [-0.1, -0.05) is 18.2 Å². The van der Waals surface area contributed by atoms with E-state index in [0.717, 1.165) is 21.7 Å². The number of rotatable bonds is 5. The third kappa shape index (κ3) is 3.20. The second kappa shape index (κ2) is 6.75. The Kier molecular flexibility index (Phi) is 4.98. The van der Waals surface area contributed by atoms with Crippen molar-refractivity contribution in [3.63, 3.8) is 0 Å². The van der Waals surface area contributed by atoms with Crippen molar-refractivity contribution in [2.24, 2.45) is 0 Å². The maximum absolute atomic E-state index is 12.2. The van der Waals surface area contributed by atoms with Crippen LogP contribution >= 0.6 is 11.6 Å². The zero-order valence-corrected chi connectivity index (χ0v) is 13.3. The molecule has 0 unspecified atom stereocenters. The first kappa shape index (κ1) is 16.2. The first-order chi connectivity index (χ1) is 10.5. The molecule has 1 aromatic rings. The minimum absolute atomic E-state index is 0.140. The van der Waals surface area contributed by atoms with Gasteiger partial charge in [-0.05, 0) is 25.0 Å². The highest BCUT2D eigenvalue weighted by Crippen LogP contribution is 2.25. The Balaban J connectivity index is 2.23. The summed E-state index contributed by atoms with van der Waals surface area (Å²) in [5.41, 5.74) is 2.66. The highest BCUT2D eigenvalue weighted by molar-refractivity contribution is 6.29. The number of carbonyl (C=O) groups is 3. The molecule has 0 radical (unpaired) electrons. The summed E-state index contributed by atoms with van der Waals surface area (Å²) >= 11 is 5.70. The molecule has 0 saturated heterocycles. The number of imide groups is 1. The van der Waals surface area contributed by atoms with Crippen LogP contribution < -0.4 is 4.90 Å². The van der Waals surface area contributed by atoms with E-state index in [0.29, 0.717) is 0 Å². The van der Waals surface area contributed by atoms with Crippen molar-refractivity contribution in [3.05, 3.63) is 41.5 Å². The van der Waals surface area contributed by atoms with Crippen molar-refractivity contribution in [2.45, 2.75) is 13.8 Å². The van der Waals surface area contributed by atoms with Gasteiger partial charge in [0.2, 0.25) is 5.91 Å². The molecule has 0 N–H and O–H groups in total. The molecule has 0 saturated carbocycles. The average molecular weight is 321 g/mol. The van der Waals surface area contributed by atoms with Crippen molar-refractivity contribution >= 4 is 35.0 Å². The molecule has 0 aromatic heterocycles. The number of hydrogen-bond donors (Lipinski definition) is 0. The Morgan fingerprint density at radius 1 is 1.14 bits per heavy atom. The van der Waals surface area contributed by atoms with Crippen LogP contribution in [0.1, 0.15) is 11.1 Å². The first-order valence-corrected chi connectivity index (χ1v) is 7.45. The van der Waals surface area contributed by atoms with E-state index in [1.807, 2.05) is 32.0 Å². The molecule has 6 heteroatoms. The summed E-state index contributed by atoms with van der Waals surface area (Å²) in [7, 11) is 0. The molecule has 22 heavy (non-hydrogen) atoms. The van der Waals surface area contributed by atoms with E-state index in [4.69, 9.17) is 11.6 Å². The van der Waals surface area contributed by atoms with Gasteiger partial charge in [0, 0.05) is 30.9 Å². The van der Waals surface area contributed by atoms with E-state index in [1.165, 1.54) is 17.1 Å². The lowest BCUT2D eigenvalue weighted by molar-refractivity contribution is -0.136. The molecular weight excluding hydrogens is 304 g/mol. The molecule has 1 aromatic carbocycles. The fourth-order valence-corrected chi connectivity index (χ4v) is 2.66. The summed E-state index contributed by atoms with van der Waals surface area (Å²) < 4.78 is 0. The topological polar surface area (TPSA) is 57.7 Å². The SMILES string of the molecule is Cc1cccc(C)c1N(CCN1C(=O)C=CC1=O)C(=O)CCl. The fraction of sp³-hybridized carbons (Fsp3) is 0.312. The standard InChI is InChI=1S/C16H17ClN2O3/c1-11-4-3-5-12(2)16(11)19(15(22)10-17)9-8-18-13(20)6-7-14(18)21/h3-7H,8-10H2,1-2H3. The molecule has 0 bridgehead atoms. The van der Waals surface area contributed by atoms with Crippen molar-refractivity contribution < 1.29 is 14.4 Å². The Labute approximate surface area is 134 Å². The minimum Gasteiger partial charge on any atom is -0.309 e. The van der Waals surface area contributed by atoms with Gasteiger partial charge in [-0.3, -0.25) is 19.3 Å². The summed E-state index contributed by atoms with van der Waals surface area (Å²) in [6.45, 7) is 4.17. The predicted octanol–water partition coefficient (Wildman–Crippen LogP) is 1.80. The molecule has 116 valence electrons. The van der Waals surface area contributed by atoms with E-state index < -0.39 is 0 Å². The third-order valence-corrected chi connectivity index (χ3v) is 3.80. The molecule has 0 spiro atoms.